The smallest absolute Gasteiger partial charge is 0.172 e. The predicted molar refractivity (Wildman–Crippen MR) is 77.7 cm³/mol. The van der Waals surface area contributed by atoms with Gasteiger partial charge in [-0.1, -0.05) is 11.6 Å². The topological polar surface area (TPSA) is 64.7 Å². The molecule has 0 amide bonds. The van der Waals surface area contributed by atoms with E-state index in [2.05, 4.69) is 0 Å². The third-order valence-corrected chi connectivity index (χ3v) is 3.36. The van der Waals surface area contributed by atoms with E-state index in [1.54, 1.807) is 44.2 Å². The Balaban J connectivity index is 2.09. The van der Waals surface area contributed by atoms with Crippen molar-refractivity contribution < 1.29 is 14.6 Å². The molecule has 0 aromatic heterocycles. The molecule has 5 heteroatoms. The second-order valence-electron chi connectivity index (χ2n) is 5.24. The Kier molecular flexibility index (Phi) is 2.81. The van der Waals surface area contributed by atoms with Crippen LogP contribution < -0.4 is 15.2 Å². The fourth-order valence-corrected chi connectivity index (χ4v) is 2.31. The van der Waals surface area contributed by atoms with Crippen LogP contribution in [0.4, 0.5) is 5.69 Å². The van der Waals surface area contributed by atoms with Crippen molar-refractivity contribution in [2.45, 2.75) is 19.4 Å². The first-order valence-electron chi connectivity index (χ1n) is 6.16. The van der Waals surface area contributed by atoms with Crippen LogP contribution in [0, 0.1) is 0 Å². The average Bonchev–Trinajstić information content (AvgIpc) is 2.34. The van der Waals surface area contributed by atoms with E-state index in [9.17, 15) is 5.11 Å². The largest absolute Gasteiger partial charge is 0.449 e. The van der Waals surface area contributed by atoms with Gasteiger partial charge in [-0.2, -0.15) is 0 Å². The Morgan fingerprint density at radius 3 is 2.30 bits per heavy atom. The highest BCUT2D eigenvalue weighted by molar-refractivity contribution is 6.30. The standard InChI is InChI=1S/C15H14ClNO3/c1-15(2,18)9-6-13-14(7-10(9)17)19-11-4-3-8(16)5-12(11)20-13/h3-7,18H,17H2,1-2H3. The van der Waals surface area contributed by atoms with Crippen LogP contribution in [0.2, 0.25) is 5.02 Å². The summed E-state index contributed by atoms with van der Waals surface area (Å²) in [6.07, 6.45) is 0. The van der Waals surface area contributed by atoms with Crippen LogP contribution in [-0.2, 0) is 5.60 Å². The number of fused-ring (bicyclic) bond motifs is 2. The number of nitrogen functional groups attached to an aromatic ring is 1. The van der Waals surface area contributed by atoms with Crippen LogP contribution in [0.15, 0.2) is 30.3 Å². The van der Waals surface area contributed by atoms with Crippen LogP contribution >= 0.6 is 11.6 Å². The molecule has 0 fully saturated rings. The minimum absolute atomic E-state index is 0.456. The second kappa shape index (κ2) is 4.30. The lowest BCUT2D eigenvalue weighted by Gasteiger charge is -2.25. The normalized spacial score (nSPS) is 13.0. The Bertz CT molecular complexity index is 692. The Morgan fingerprint density at radius 1 is 1.00 bits per heavy atom. The summed E-state index contributed by atoms with van der Waals surface area (Å²) in [5.41, 5.74) is 5.94. The van der Waals surface area contributed by atoms with Gasteiger partial charge in [0.15, 0.2) is 23.0 Å². The molecule has 1 aliphatic rings. The van der Waals surface area contributed by atoms with Crippen LogP contribution in [-0.4, -0.2) is 5.11 Å². The maximum absolute atomic E-state index is 10.1. The van der Waals surface area contributed by atoms with E-state index >= 15 is 0 Å². The molecule has 1 aliphatic heterocycles. The maximum atomic E-state index is 10.1. The highest BCUT2D eigenvalue weighted by Crippen LogP contribution is 2.48. The number of hydrogen-bond donors (Lipinski definition) is 2. The van der Waals surface area contributed by atoms with Crippen molar-refractivity contribution in [1.82, 2.24) is 0 Å². The zero-order valence-corrected chi connectivity index (χ0v) is 11.9. The lowest BCUT2D eigenvalue weighted by Crippen LogP contribution is -2.18. The summed E-state index contributed by atoms with van der Waals surface area (Å²) in [5, 5.41) is 10.7. The number of hydrogen-bond acceptors (Lipinski definition) is 4. The van der Waals surface area contributed by atoms with E-state index in [1.807, 2.05) is 0 Å². The molecule has 0 bridgehead atoms. The first kappa shape index (κ1) is 13.1. The highest BCUT2D eigenvalue weighted by Gasteiger charge is 2.26. The minimum atomic E-state index is -1.06. The van der Waals surface area contributed by atoms with Crippen molar-refractivity contribution >= 4 is 17.3 Å². The quantitative estimate of drug-likeness (QED) is 0.664. The number of ether oxygens (including phenoxy) is 2. The van der Waals surface area contributed by atoms with Crippen LogP contribution in [0.25, 0.3) is 0 Å². The average molecular weight is 292 g/mol. The Morgan fingerprint density at radius 2 is 1.60 bits per heavy atom. The molecule has 1 heterocycles. The number of halogens is 1. The number of anilines is 1. The molecule has 3 N–H and O–H groups in total. The predicted octanol–water partition coefficient (Wildman–Crippen LogP) is 4.05. The molecular formula is C15H14ClNO3. The summed E-state index contributed by atoms with van der Waals surface area (Å²) in [4.78, 5) is 0. The van der Waals surface area contributed by atoms with Crippen LogP contribution in [0.3, 0.4) is 0 Å². The van der Waals surface area contributed by atoms with Gasteiger partial charge >= 0.3 is 0 Å². The molecule has 20 heavy (non-hydrogen) atoms. The van der Waals surface area contributed by atoms with E-state index in [-0.39, 0.29) is 0 Å². The molecule has 0 radical (unpaired) electrons. The summed E-state index contributed by atoms with van der Waals surface area (Å²) in [6.45, 7) is 3.33. The van der Waals surface area contributed by atoms with Crippen molar-refractivity contribution in [2.24, 2.45) is 0 Å². The number of aliphatic hydroxyl groups is 1. The van der Waals surface area contributed by atoms with Crippen molar-refractivity contribution in [3.8, 4) is 23.0 Å². The molecular weight excluding hydrogens is 278 g/mol. The van der Waals surface area contributed by atoms with Gasteiger partial charge in [-0.15, -0.1) is 0 Å². The number of nitrogens with two attached hydrogens (primary N) is 1. The fourth-order valence-electron chi connectivity index (χ4n) is 2.15. The Hall–Kier alpha value is -1.91. The van der Waals surface area contributed by atoms with E-state index < -0.39 is 5.60 Å². The molecule has 0 aliphatic carbocycles. The van der Waals surface area contributed by atoms with E-state index in [4.69, 9.17) is 26.8 Å². The molecule has 4 nitrogen and oxygen atoms in total. The van der Waals surface area contributed by atoms with Gasteiger partial charge in [-0.25, -0.2) is 0 Å². The molecule has 0 saturated heterocycles. The van der Waals surface area contributed by atoms with Gasteiger partial charge in [-0.05, 0) is 32.0 Å². The number of benzene rings is 2. The molecule has 0 atom stereocenters. The van der Waals surface area contributed by atoms with Gasteiger partial charge < -0.3 is 20.3 Å². The summed E-state index contributed by atoms with van der Waals surface area (Å²) >= 11 is 5.94. The van der Waals surface area contributed by atoms with Gasteiger partial charge in [0.25, 0.3) is 0 Å². The fraction of sp³-hybridized carbons (Fsp3) is 0.200. The van der Waals surface area contributed by atoms with Crippen molar-refractivity contribution in [1.29, 1.82) is 0 Å². The lowest BCUT2D eigenvalue weighted by atomic mass is 9.96. The van der Waals surface area contributed by atoms with E-state index in [0.717, 1.165) is 0 Å². The number of rotatable bonds is 1. The second-order valence-corrected chi connectivity index (χ2v) is 5.68. The van der Waals surface area contributed by atoms with Gasteiger partial charge in [0, 0.05) is 28.4 Å². The van der Waals surface area contributed by atoms with E-state index in [1.165, 1.54) is 0 Å². The van der Waals surface area contributed by atoms with Crippen LogP contribution in [0.5, 0.6) is 23.0 Å². The monoisotopic (exact) mass is 291 g/mol. The minimum Gasteiger partial charge on any atom is -0.449 e. The van der Waals surface area contributed by atoms with E-state index in [0.29, 0.717) is 39.3 Å². The first-order chi connectivity index (χ1) is 9.34. The summed E-state index contributed by atoms with van der Waals surface area (Å²) in [5.74, 6) is 2.14. The van der Waals surface area contributed by atoms with Gasteiger partial charge in [-0.3, -0.25) is 0 Å². The van der Waals surface area contributed by atoms with Crippen molar-refractivity contribution in [3.63, 3.8) is 0 Å². The SMILES string of the molecule is CC(C)(O)c1cc2c(cc1N)Oc1ccc(Cl)cc1O2. The molecule has 2 aromatic carbocycles. The molecule has 104 valence electrons. The van der Waals surface area contributed by atoms with Crippen LogP contribution in [0.1, 0.15) is 19.4 Å². The van der Waals surface area contributed by atoms with Gasteiger partial charge in [0.1, 0.15) is 0 Å². The first-order valence-corrected chi connectivity index (χ1v) is 6.54. The van der Waals surface area contributed by atoms with Gasteiger partial charge in [0.2, 0.25) is 0 Å². The maximum Gasteiger partial charge on any atom is 0.172 e. The molecule has 2 aromatic rings. The third kappa shape index (κ3) is 2.17. The van der Waals surface area contributed by atoms with Crippen molar-refractivity contribution in [2.75, 3.05) is 5.73 Å². The van der Waals surface area contributed by atoms with Gasteiger partial charge in [0.05, 0.1) is 5.60 Å². The summed E-state index contributed by atoms with van der Waals surface area (Å²) < 4.78 is 11.5. The molecule has 0 unspecified atom stereocenters. The molecule has 3 rings (SSSR count). The third-order valence-electron chi connectivity index (χ3n) is 3.12. The lowest BCUT2D eigenvalue weighted by molar-refractivity contribution is 0.0791. The summed E-state index contributed by atoms with van der Waals surface area (Å²) in [6, 6.07) is 8.48. The summed E-state index contributed by atoms with van der Waals surface area (Å²) in [7, 11) is 0. The zero-order valence-electron chi connectivity index (χ0n) is 11.1. The molecule has 0 spiro atoms. The highest BCUT2D eigenvalue weighted by atomic mass is 35.5. The zero-order chi connectivity index (χ0) is 14.5. The molecule has 0 saturated carbocycles. The van der Waals surface area contributed by atoms with Crippen molar-refractivity contribution in [3.05, 3.63) is 40.9 Å². The Labute approximate surface area is 121 Å².